The van der Waals surface area contributed by atoms with E-state index in [4.69, 9.17) is 9.98 Å². The van der Waals surface area contributed by atoms with E-state index in [0.717, 1.165) is 67.5 Å². The predicted octanol–water partition coefficient (Wildman–Crippen LogP) is 9.31. The van der Waals surface area contributed by atoms with Gasteiger partial charge in [0.2, 0.25) is 0 Å². The summed E-state index contributed by atoms with van der Waals surface area (Å²) in [7, 11) is 0. The molecule has 0 amide bonds. The first kappa shape index (κ1) is 27.4. The summed E-state index contributed by atoms with van der Waals surface area (Å²) >= 11 is 0. The molecule has 1 N–H and O–H groups in total. The first-order chi connectivity index (χ1) is 22.8. The Bertz CT molecular complexity index is 2150. The van der Waals surface area contributed by atoms with Crippen LogP contribution < -0.4 is 5.32 Å². The second-order valence-electron chi connectivity index (χ2n) is 11.2. The molecule has 46 heavy (non-hydrogen) atoms. The number of fused-ring (bicyclic) bond motifs is 1. The van der Waals surface area contributed by atoms with Crippen LogP contribution in [0, 0.1) is 0 Å². The molecule has 0 saturated carbocycles. The number of rotatable bonds is 6. The lowest BCUT2D eigenvalue weighted by molar-refractivity contribution is 0.749. The largest absolute Gasteiger partial charge is 0.359 e. The van der Waals surface area contributed by atoms with Crippen molar-refractivity contribution in [2.75, 3.05) is 0 Å². The molecule has 4 heterocycles. The molecule has 0 radical (unpaired) electrons. The smallest absolute Gasteiger partial charge is 0.134 e. The fourth-order valence-corrected chi connectivity index (χ4v) is 5.96. The second-order valence-corrected chi connectivity index (χ2v) is 11.2. The van der Waals surface area contributed by atoms with Gasteiger partial charge >= 0.3 is 0 Å². The van der Waals surface area contributed by atoms with E-state index in [1.807, 2.05) is 60.9 Å². The Morgan fingerprint density at radius 3 is 1.80 bits per heavy atom. The third kappa shape index (κ3) is 5.46. The van der Waals surface area contributed by atoms with Crippen LogP contribution in [0.2, 0.25) is 0 Å². The van der Waals surface area contributed by atoms with Crippen molar-refractivity contribution in [3.63, 3.8) is 0 Å². The molecule has 1 aliphatic rings. The Morgan fingerprint density at radius 2 is 1.09 bits per heavy atom. The molecular formula is C41H29N5. The highest BCUT2D eigenvalue weighted by atomic mass is 15.1. The lowest BCUT2D eigenvalue weighted by Gasteiger charge is -2.28. The molecule has 1 atom stereocenters. The van der Waals surface area contributed by atoms with Gasteiger partial charge in [-0.05, 0) is 76.9 Å². The monoisotopic (exact) mass is 591 g/mol. The van der Waals surface area contributed by atoms with Crippen LogP contribution in [-0.4, -0.2) is 20.8 Å². The SMILES string of the molecule is c1ccc(-c2ccc3c(c2)N=C(c2cc(-c4ccc(-c5ccccn5)nc4)cc(-c4ccccn4)c2)NC3c2ccccc2)cc1. The Labute approximate surface area is 268 Å². The standard InChI is InChI=1S/C41H29N5/c1-3-11-28(12-4-1)30-17-19-35-39(26-30)45-41(46-40(35)29-13-5-2-6-14-29)34-24-32(23-33(25-34)36-15-7-9-21-42-36)31-18-20-38(44-27-31)37-16-8-10-22-43-37/h1-27,40H,(H,45,46). The minimum atomic E-state index is -0.0604. The van der Waals surface area contributed by atoms with E-state index in [9.17, 15) is 0 Å². The number of aromatic nitrogens is 3. The van der Waals surface area contributed by atoms with Crippen molar-refractivity contribution >= 4 is 11.5 Å². The van der Waals surface area contributed by atoms with Crippen molar-refractivity contribution in [1.82, 2.24) is 20.3 Å². The average Bonchev–Trinajstić information content (AvgIpc) is 3.15. The van der Waals surface area contributed by atoms with E-state index in [2.05, 4.69) is 112 Å². The van der Waals surface area contributed by atoms with Gasteiger partial charge in [-0.3, -0.25) is 15.0 Å². The molecule has 0 spiro atoms. The summed E-state index contributed by atoms with van der Waals surface area (Å²) in [5, 5.41) is 3.80. The third-order valence-electron chi connectivity index (χ3n) is 8.29. The summed E-state index contributed by atoms with van der Waals surface area (Å²) in [6, 6.07) is 50.0. The molecule has 1 aliphatic heterocycles. The van der Waals surface area contributed by atoms with Gasteiger partial charge < -0.3 is 5.32 Å². The highest BCUT2D eigenvalue weighted by Crippen LogP contribution is 2.38. The summed E-state index contributed by atoms with van der Waals surface area (Å²) in [5.74, 6) is 0.809. The van der Waals surface area contributed by atoms with E-state index < -0.39 is 0 Å². The fourth-order valence-electron chi connectivity index (χ4n) is 5.96. The van der Waals surface area contributed by atoms with Gasteiger partial charge in [-0.15, -0.1) is 0 Å². The molecule has 218 valence electrons. The molecule has 7 aromatic rings. The topological polar surface area (TPSA) is 63.1 Å². The fraction of sp³-hybridized carbons (Fsp3) is 0.0244. The summed E-state index contributed by atoms with van der Waals surface area (Å²) < 4.78 is 0. The zero-order valence-corrected chi connectivity index (χ0v) is 25.0. The van der Waals surface area contributed by atoms with E-state index in [1.54, 1.807) is 6.20 Å². The van der Waals surface area contributed by atoms with E-state index >= 15 is 0 Å². The Kier molecular flexibility index (Phi) is 7.17. The first-order valence-corrected chi connectivity index (χ1v) is 15.3. The van der Waals surface area contributed by atoms with Gasteiger partial charge in [-0.2, -0.15) is 0 Å². The zero-order chi connectivity index (χ0) is 30.7. The zero-order valence-electron chi connectivity index (χ0n) is 25.0. The molecule has 8 rings (SSSR count). The van der Waals surface area contributed by atoms with Crippen LogP contribution in [0.15, 0.2) is 169 Å². The number of hydrogen-bond donors (Lipinski definition) is 1. The maximum Gasteiger partial charge on any atom is 0.134 e. The van der Waals surface area contributed by atoms with Crippen molar-refractivity contribution in [2.24, 2.45) is 4.99 Å². The minimum Gasteiger partial charge on any atom is -0.359 e. The molecule has 4 aromatic carbocycles. The average molecular weight is 592 g/mol. The lowest BCUT2D eigenvalue weighted by Crippen LogP contribution is -2.32. The third-order valence-corrected chi connectivity index (χ3v) is 8.29. The molecule has 5 nitrogen and oxygen atoms in total. The number of amidine groups is 1. The van der Waals surface area contributed by atoms with Crippen LogP contribution >= 0.6 is 0 Å². The van der Waals surface area contributed by atoms with Gasteiger partial charge in [0.1, 0.15) is 5.84 Å². The predicted molar refractivity (Wildman–Crippen MR) is 186 cm³/mol. The molecular weight excluding hydrogens is 562 g/mol. The normalized spacial score (nSPS) is 13.7. The number of aliphatic imine (C=N–C) groups is 1. The first-order valence-electron chi connectivity index (χ1n) is 15.3. The van der Waals surface area contributed by atoms with Crippen LogP contribution in [0.1, 0.15) is 22.7 Å². The molecule has 3 aromatic heterocycles. The van der Waals surface area contributed by atoms with Crippen LogP contribution in [0.5, 0.6) is 0 Å². The van der Waals surface area contributed by atoms with Crippen molar-refractivity contribution in [2.45, 2.75) is 6.04 Å². The van der Waals surface area contributed by atoms with Crippen molar-refractivity contribution in [1.29, 1.82) is 0 Å². The maximum absolute atomic E-state index is 5.26. The van der Waals surface area contributed by atoms with Crippen molar-refractivity contribution in [3.8, 4) is 44.9 Å². The molecule has 0 bridgehead atoms. The molecule has 5 heteroatoms. The van der Waals surface area contributed by atoms with Crippen LogP contribution in [0.4, 0.5) is 5.69 Å². The van der Waals surface area contributed by atoms with Crippen LogP contribution in [0.25, 0.3) is 44.9 Å². The number of nitrogens with zero attached hydrogens (tertiary/aromatic N) is 4. The molecule has 0 aliphatic carbocycles. The highest BCUT2D eigenvalue weighted by molar-refractivity contribution is 6.04. The Morgan fingerprint density at radius 1 is 0.435 bits per heavy atom. The van der Waals surface area contributed by atoms with Gasteiger partial charge in [0.15, 0.2) is 0 Å². The molecule has 0 saturated heterocycles. The quantitative estimate of drug-likeness (QED) is 0.209. The van der Waals surface area contributed by atoms with E-state index in [-0.39, 0.29) is 6.04 Å². The number of pyridine rings is 3. The summed E-state index contributed by atoms with van der Waals surface area (Å²) in [6.45, 7) is 0. The van der Waals surface area contributed by atoms with E-state index in [0.29, 0.717) is 0 Å². The van der Waals surface area contributed by atoms with Gasteiger partial charge in [-0.1, -0.05) is 91.0 Å². The lowest BCUT2D eigenvalue weighted by atomic mass is 9.92. The van der Waals surface area contributed by atoms with Gasteiger partial charge in [-0.25, -0.2) is 4.99 Å². The number of benzene rings is 4. The highest BCUT2D eigenvalue weighted by Gasteiger charge is 2.25. The minimum absolute atomic E-state index is 0.0604. The van der Waals surface area contributed by atoms with Crippen LogP contribution in [-0.2, 0) is 0 Å². The Balaban J connectivity index is 1.27. The Hall–Kier alpha value is -6.20. The van der Waals surface area contributed by atoms with Gasteiger partial charge in [0.05, 0.1) is 28.8 Å². The van der Waals surface area contributed by atoms with Gasteiger partial charge in [0, 0.05) is 40.8 Å². The molecule has 1 unspecified atom stereocenters. The van der Waals surface area contributed by atoms with Crippen LogP contribution in [0.3, 0.4) is 0 Å². The summed E-state index contributed by atoms with van der Waals surface area (Å²) in [6.07, 6.45) is 5.53. The molecule has 0 fully saturated rings. The number of hydrogen-bond acceptors (Lipinski definition) is 5. The second kappa shape index (κ2) is 12.1. The summed E-state index contributed by atoms with van der Waals surface area (Å²) in [4.78, 5) is 19.2. The van der Waals surface area contributed by atoms with Crippen molar-refractivity contribution < 1.29 is 0 Å². The number of nitrogens with one attached hydrogen (secondary N) is 1. The maximum atomic E-state index is 5.26. The van der Waals surface area contributed by atoms with Crippen molar-refractivity contribution in [3.05, 3.63) is 181 Å². The van der Waals surface area contributed by atoms with Gasteiger partial charge in [0.25, 0.3) is 0 Å². The summed E-state index contributed by atoms with van der Waals surface area (Å²) in [5.41, 5.74) is 12.2. The van der Waals surface area contributed by atoms with E-state index in [1.165, 1.54) is 5.56 Å².